The van der Waals surface area contributed by atoms with Gasteiger partial charge in [0.25, 0.3) is 0 Å². The first-order valence-electron chi connectivity index (χ1n) is 8.43. The van der Waals surface area contributed by atoms with Gasteiger partial charge in [-0.3, -0.25) is 9.78 Å². The average Bonchev–Trinajstić information content (AvgIpc) is 2.94. The number of piperidine rings is 1. The maximum Gasteiger partial charge on any atom is 0.223 e. The first-order valence-corrected chi connectivity index (χ1v) is 9.62. The highest BCUT2D eigenvalue weighted by Gasteiger charge is 2.71. The summed E-state index contributed by atoms with van der Waals surface area (Å²) in [6.07, 6.45) is 10.4. The Balaban J connectivity index is 1.27. The molecule has 24 heavy (non-hydrogen) atoms. The summed E-state index contributed by atoms with van der Waals surface area (Å²) in [6.45, 7) is 0.854. The molecule has 124 valence electrons. The van der Waals surface area contributed by atoms with Crippen LogP contribution >= 0.6 is 22.9 Å². The number of likely N-dealkylation sites (tertiary alicyclic amines) is 1. The average molecular weight is 360 g/mol. The Hall–Kier alpha value is -1.46. The number of hydrogen-bond donors (Lipinski definition) is 0. The maximum absolute atomic E-state index is 12.7. The van der Waals surface area contributed by atoms with Gasteiger partial charge in [0.1, 0.15) is 4.34 Å². The van der Waals surface area contributed by atoms with Crippen LogP contribution in [0.4, 0.5) is 0 Å². The molecule has 4 aliphatic rings. The molecule has 3 heterocycles. The van der Waals surface area contributed by atoms with E-state index in [0.29, 0.717) is 22.1 Å². The lowest BCUT2D eigenvalue weighted by atomic mass is 9.37. The number of rotatable bonds is 3. The second kappa shape index (κ2) is 5.02. The van der Waals surface area contributed by atoms with Crippen LogP contribution in [-0.2, 0) is 10.2 Å². The summed E-state index contributed by atoms with van der Waals surface area (Å²) in [6, 6.07) is 4.26. The summed E-state index contributed by atoms with van der Waals surface area (Å²) >= 11 is 7.49. The minimum absolute atomic E-state index is 0.131. The number of nitrogens with zero attached hydrogens (tertiary/aromatic N) is 3. The predicted octanol–water partition coefficient (Wildman–Crippen LogP) is 3.77. The minimum Gasteiger partial charge on any atom is -0.337 e. The maximum atomic E-state index is 12.7. The molecule has 0 aromatic carbocycles. The zero-order valence-corrected chi connectivity index (χ0v) is 14.8. The quantitative estimate of drug-likeness (QED) is 0.838. The molecule has 3 saturated carbocycles. The van der Waals surface area contributed by atoms with E-state index in [0.717, 1.165) is 37.2 Å². The van der Waals surface area contributed by atoms with E-state index in [4.69, 9.17) is 11.6 Å². The SMILES string of the molecule is O=C1CC(c2ncc(Cl)s2)CCN1C12CC(c3ccncc3)(C1)C2. The third-order valence-electron chi connectivity index (χ3n) is 6.14. The molecule has 6 rings (SSSR count). The van der Waals surface area contributed by atoms with Gasteiger partial charge >= 0.3 is 0 Å². The summed E-state index contributed by atoms with van der Waals surface area (Å²) in [5.74, 6) is 0.536. The lowest BCUT2D eigenvalue weighted by molar-refractivity contribution is -0.189. The number of pyridine rings is 1. The van der Waals surface area contributed by atoms with Crippen molar-refractivity contribution in [3.63, 3.8) is 0 Å². The van der Waals surface area contributed by atoms with E-state index < -0.39 is 0 Å². The summed E-state index contributed by atoms with van der Waals surface area (Å²) in [5.41, 5.74) is 1.83. The van der Waals surface area contributed by atoms with Crippen LogP contribution in [-0.4, -0.2) is 32.9 Å². The fourth-order valence-corrected chi connectivity index (χ4v) is 6.10. The van der Waals surface area contributed by atoms with E-state index in [1.165, 1.54) is 16.9 Å². The van der Waals surface area contributed by atoms with Gasteiger partial charge in [0.15, 0.2) is 0 Å². The van der Waals surface area contributed by atoms with Crippen molar-refractivity contribution in [2.24, 2.45) is 0 Å². The van der Waals surface area contributed by atoms with Crippen LogP contribution in [0.25, 0.3) is 0 Å². The molecule has 0 spiro atoms. The Labute approximate surface area is 149 Å². The van der Waals surface area contributed by atoms with Crippen molar-refractivity contribution in [1.82, 2.24) is 14.9 Å². The van der Waals surface area contributed by atoms with Gasteiger partial charge in [0, 0.05) is 42.2 Å². The van der Waals surface area contributed by atoms with E-state index >= 15 is 0 Å². The van der Waals surface area contributed by atoms with Gasteiger partial charge in [-0.1, -0.05) is 11.6 Å². The first kappa shape index (κ1) is 14.8. The normalized spacial score (nSPS) is 34.6. The van der Waals surface area contributed by atoms with Crippen LogP contribution in [0.5, 0.6) is 0 Å². The van der Waals surface area contributed by atoms with Gasteiger partial charge in [-0.25, -0.2) is 4.98 Å². The van der Waals surface area contributed by atoms with Gasteiger partial charge in [0.05, 0.1) is 11.2 Å². The molecule has 0 N–H and O–H groups in total. The Morgan fingerprint density at radius 2 is 2.00 bits per heavy atom. The van der Waals surface area contributed by atoms with Crippen molar-refractivity contribution in [3.05, 3.63) is 45.6 Å². The standard InChI is InChI=1S/C18H18ClN3OS/c19-14-8-21-16(24-14)12-3-6-22(15(23)7-12)18-9-17(10-18,11-18)13-1-4-20-5-2-13/h1-2,4-5,8,12H,3,6-7,9-11H2. The summed E-state index contributed by atoms with van der Waals surface area (Å²) in [7, 11) is 0. The molecule has 1 saturated heterocycles. The molecule has 2 bridgehead atoms. The van der Waals surface area contributed by atoms with Crippen molar-refractivity contribution in [1.29, 1.82) is 0 Å². The highest BCUT2D eigenvalue weighted by Crippen LogP contribution is 2.70. The Morgan fingerprint density at radius 3 is 2.62 bits per heavy atom. The smallest absolute Gasteiger partial charge is 0.223 e. The zero-order chi connectivity index (χ0) is 16.4. The lowest BCUT2D eigenvalue weighted by Gasteiger charge is -2.74. The van der Waals surface area contributed by atoms with Crippen molar-refractivity contribution < 1.29 is 4.79 Å². The fourth-order valence-electron chi connectivity index (χ4n) is 5.03. The Morgan fingerprint density at radius 1 is 1.25 bits per heavy atom. The monoisotopic (exact) mass is 359 g/mol. The largest absolute Gasteiger partial charge is 0.337 e. The van der Waals surface area contributed by atoms with Crippen molar-refractivity contribution in [2.45, 2.75) is 49.0 Å². The molecule has 1 aliphatic heterocycles. The molecule has 4 fully saturated rings. The van der Waals surface area contributed by atoms with Crippen LogP contribution in [0.1, 0.15) is 48.6 Å². The van der Waals surface area contributed by atoms with Gasteiger partial charge in [0.2, 0.25) is 5.91 Å². The third kappa shape index (κ3) is 2.01. The molecule has 1 atom stereocenters. The highest BCUT2D eigenvalue weighted by atomic mass is 35.5. The third-order valence-corrected chi connectivity index (χ3v) is 7.41. The molecule has 1 amide bonds. The molecule has 2 aromatic heterocycles. The lowest BCUT2D eigenvalue weighted by Crippen LogP contribution is -2.78. The fraction of sp³-hybridized carbons (Fsp3) is 0.500. The number of aromatic nitrogens is 2. The number of carbonyl (C=O) groups is 1. The second-order valence-electron chi connectivity index (χ2n) is 7.51. The molecule has 2 aromatic rings. The van der Waals surface area contributed by atoms with E-state index in [1.807, 2.05) is 12.4 Å². The number of carbonyl (C=O) groups excluding carboxylic acids is 1. The van der Waals surface area contributed by atoms with Crippen molar-refractivity contribution in [3.8, 4) is 0 Å². The molecule has 4 nitrogen and oxygen atoms in total. The predicted molar refractivity (Wildman–Crippen MR) is 93.3 cm³/mol. The Kier molecular flexibility index (Phi) is 3.11. The van der Waals surface area contributed by atoms with E-state index in [2.05, 4.69) is 27.0 Å². The zero-order valence-electron chi connectivity index (χ0n) is 13.2. The summed E-state index contributed by atoms with van der Waals surface area (Å²) < 4.78 is 0.707. The summed E-state index contributed by atoms with van der Waals surface area (Å²) in [5, 5.41) is 1.01. The molecular weight excluding hydrogens is 342 g/mol. The number of halogens is 1. The van der Waals surface area contributed by atoms with E-state index in [1.54, 1.807) is 6.20 Å². The van der Waals surface area contributed by atoms with Gasteiger partial charge in [-0.2, -0.15) is 0 Å². The molecule has 0 radical (unpaired) electrons. The number of amides is 1. The number of hydrogen-bond acceptors (Lipinski definition) is 4. The topological polar surface area (TPSA) is 46.1 Å². The van der Waals surface area contributed by atoms with Crippen LogP contribution in [0.15, 0.2) is 30.7 Å². The van der Waals surface area contributed by atoms with E-state index in [9.17, 15) is 4.79 Å². The Bertz CT molecular complexity index is 786. The number of thiazole rings is 1. The van der Waals surface area contributed by atoms with Crippen LogP contribution in [0.3, 0.4) is 0 Å². The van der Waals surface area contributed by atoms with Crippen LogP contribution in [0.2, 0.25) is 4.34 Å². The van der Waals surface area contributed by atoms with Crippen LogP contribution in [0, 0.1) is 0 Å². The van der Waals surface area contributed by atoms with Crippen molar-refractivity contribution >= 4 is 28.8 Å². The van der Waals surface area contributed by atoms with Gasteiger partial charge in [-0.15, -0.1) is 11.3 Å². The first-order chi connectivity index (χ1) is 11.6. The highest BCUT2D eigenvalue weighted by molar-refractivity contribution is 7.15. The molecular formula is C18H18ClN3OS. The van der Waals surface area contributed by atoms with E-state index in [-0.39, 0.29) is 11.5 Å². The second-order valence-corrected chi connectivity index (χ2v) is 9.20. The minimum atomic E-state index is 0.131. The van der Waals surface area contributed by atoms with Crippen LogP contribution < -0.4 is 0 Å². The van der Waals surface area contributed by atoms with Crippen molar-refractivity contribution in [2.75, 3.05) is 6.54 Å². The van der Waals surface area contributed by atoms with Gasteiger partial charge in [-0.05, 0) is 43.4 Å². The molecule has 3 aliphatic carbocycles. The van der Waals surface area contributed by atoms with Gasteiger partial charge < -0.3 is 4.90 Å². The summed E-state index contributed by atoms with van der Waals surface area (Å²) in [4.78, 5) is 23.4. The molecule has 1 unspecified atom stereocenters. The molecule has 6 heteroatoms.